The molecule has 5 heteroatoms. The molecule has 0 bridgehead atoms. The van der Waals surface area contributed by atoms with Gasteiger partial charge in [-0.1, -0.05) is 12.1 Å². The zero-order valence-electron chi connectivity index (χ0n) is 11.4. The van der Waals surface area contributed by atoms with Gasteiger partial charge in [-0.15, -0.1) is 11.3 Å². The summed E-state index contributed by atoms with van der Waals surface area (Å²) in [4.78, 5) is 16.0. The third kappa shape index (κ3) is 2.07. The third-order valence-corrected chi connectivity index (χ3v) is 4.67. The summed E-state index contributed by atoms with van der Waals surface area (Å²) in [6, 6.07) is 14.0. The van der Waals surface area contributed by atoms with Crippen molar-refractivity contribution in [1.29, 1.82) is 0 Å². The highest BCUT2D eigenvalue weighted by Crippen LogP contribution is 2.29. The number of amides is 1. The van der Waals surface area contributed by atoms with E-state index in [4.69, 9.17) is 0 Å². The smallest absolute Gasteiger partial charge is 0.265 e. The van der Waals surface area contributed by atoms with Gasteiger partial charge in [0.2, 0.25) is 0 Å². The van der Waals surface area contributed by atoms with Gasteiger partial charge in [-0.3, -0.25) is 4.79 Å². The lowest BCUT2D eigenvalue weighted by Crippen LogP contribution is -2.10. The molecule has 22 heavy (non-hydrogen) atoms. The minimum atomic E-state index is -0.305. The largest absolute Gasteiger partial charge is 0.361 e. The minimum Gasteiger partial charge on any atom is -0.361 e. The van der Waals surface area contributed by atoms with Gasteiger partial charge in [0.15, 0.2) is 0 Å². The summed E-state index contributed by atoms with van der Waals surface area (Å²) in [6.07, 6.45) is 1.83. The lowest BCUT2D eigenvalue weighted by Gasteiger charge is -2.04. The summed E-state index contributed by atoms with van der Waals surface area (Å²) >= 11 is 1.29. The van der Waals surface area contributed by atoms with Crippen molar-refractivity contribution in [3.8, 4) is 0 Å². The molecule has 3 nitrogen and oxygen atoms in total. The van der Waals surface area contributed by atoms with E-state index in [1.165, 1.54) is 17.4 Å². The number of thiophene rings is 1. The van der Waals surface area contributed by atoms with Crippen molar-refractivity contribution in [3.63, 3.8) is 0 Å². The second-order valence-corrected chi connectivity index (χ2v) is 6.04. The van der Waals surface area contributed by atoms with E-state index in [9.17, 15) is 9.18 Å². The first-order chi connectivity index (χ1) is 10.7. The van der Waals surface area contributed by atoms with Crippen LogP contribution in [0.25, 0.3) is 21.0 Å². The lowest BCUT2D eigenvalue weighted by molar-refractivity contribution is 0.103. The van der Waals surface area contributed by atoms with Gasteiger partial charge in [-0.2, -0.15) is 0 Å². The number of rotatable bonds is 2. The van der Waals surface area contributed by atoms with Crippen LogP contribution in [0.3, 0.4) is 0 Å². The van der Waals surface area contributed by atoms with Gasteiger partial charge in [0, 0.05) is 27.2 Å². The summed E-state index contributed by atoms with van der Waals surface area (Å²) in [6.45, 7) is 0. The zero-order valence-corrected chi connectivity index (χ0v) is 12.2. The normalized spacial score (nSPS) is 11.1. The molecule has 0 saturated carbocycles. The van der Waals surface area contributed by atoms with E-state index >= 15 is 0 Å². The first-order valence-corrected chi connectivity index (χ1v) is 7.59. The van der Waals surface area contributed by atoms with Crippen molar-refractivity contribution in [2.24, 2.45) is 0 Å². The Hall–Kier alpha value is -2.66. The van der Waals surface area contributed by atoms with Crippen LogP contribution in [-0.2, 0) is 0 Å². The molecule has 0 radical (unpaired) electrons. The Morgan fingerprint density at radius 1 is 1.09 bits per heavy atom. The first kappa shape index (κ1) is 13.0. The van der Waals surface area contributed by atoms with Crippen LogP contribution in [0.1, 0.15) is 9.67 Å². The fraction of sp³-hybridized carbons (Fsp3) is 0. The number of fused-ring (bicyclic) bond motifs is 2. The third-order valence-electron chi connectivity index (χ3n) is 3.58. The molecule has 108 valence electrons. The zero-order chi connectivity index (χ0) is 15.1. The number of aromatic amines is 1. The van der Waals surface area contributed by atoms with Gasteiger partial charge in [0.1, 0.15) is 5.82 Å². The minimum absolute atomic E-state index is 0.228. The Morgan fingerprint density at radius 3 is 2.82 bits per heavy atom. The molecule has 0 aliphatic heterocycles. The number of anilines is 1. The van der Waals surface area contributed by atoms with E-state index in [0.717, 1.165) is 21.3 Å². The lowest BCUT2D eigenvalue weighted by atomic mass is 10.2. The number of benzene rings is 2. The predicted octanol–water partition coefficient (Wildman–Crippen LogP) is 4.77. The molecule has 2 heterocycles. The number of halogens is 1. The standard InChI is InChI=1S/C17H11FN2OS/c18-12-3-1-6-15-11(12)9-16(22-15)17(21)20-14-5-2-4-13-10(14)7-8-19-13/h1-9,19H,(H,20,21). The summed E-state index contributed by atoms with van der Waals surface area (Å²) in [7, 11) is 0. The highest BCUT2D eigenvalue weighted by molar-refractivity contribution is 7.20. The summed E-state index contributed by atoms with van der Waals surface area (Å²) in [5.74, 6) is -0.533. The van der Waals surface area contributed by atoms with E-state index in [1.807, 2.05) is 36.5 Å². The molecule has 0 saturated heterocycles. The van der Waals surface area contributed by atoms with Crippen molar-refractivity contribution < 1.29 is 9.18 Å². The average Bonchev–Trinajstić information content (AvgIpc) is 3.14. The Kier molecular flexibility index (Phi) is 2.94. The number of hydrogen-bond donors (Lipinski definition) is 2. The molecule has 0 aliphatic rings. The molecule has 4 aromatic rings. The Balaban J connectivity index is 1.71. The number of H-pyrrole nitrogens is 1. The Morgan fingerprint density at radius 2 is 1.95 bits per heavy atom. The monoisotopic (exact) mass is 310 g/mol. The molecule has 0 aliphatic carbocycles. The molecule has 4 rings (SSSR count). The van der Waals surface area contributed by atoms with Crippen molar-refractivity contribution >= 4 is 43.9 Å². The molecule has 2 N–H and O–H groups in total. The maximum atomic E-state index is 13.7. The number of carbonyl (C=O) groups excluding carboxylic acids is 1. The fourth-order valence-electron chi connectivity index (χ4n) is 2.52. The van der Waals surface area contributed by atoms with Crippen LogP contribution < -0.4 is 5.32 Å². The second kappa shape index (κ2) is 4.96. The van der Waals surface area contributed by atoms with Crippen molar-refractivity contribution in [3.05, 3.63) is 65.4 Å². The van der Waals surface area contributed by atoms with Gasteiger partial charge >= 0.3 is 0 Å². The average molecular weight is 310 g/mol. The van der Waals surface area contributed by atoms with Crippen molar-refractivity contribution in [2.45, 2.75) is 0 Å². The predicted molar refractivity (Wildman–Crippen MR) is 88.0 cm³/mol. The maximum absolute atomic E-state index is 13.7. The van der Waals surface area contributed by atoms with Crippen LogP contribution in [0, 0.1) is 5.82 Å². The topological polar surface area (TPSA) is 44.9 Å². The van der Waals surface area contributed by atoms with E-state index in [-0.39, 0.29) is 11.7 Å². The maximum Gasteiger partial charge on any atom is 0.265 e. The SMILES string of the molecule is O=C(Nc1cccc2[nH]ccc12)c1cc2c(F)cccc2s1. The second-order valence-electron chi connectivity index (χ2n) is 4.96. The summed E-state index contributed by atoms with van der Waals surface area (Å²) < 4.78 is 14.5. The molecule has 1 amide bonds. The molecular formula is C17H11FN2OS. The van der Waals surface area contributed by atoms with Gasteiger partial charge < -0.3 is 10.3 Å². The summed E-state index contributed by atoms with van der Waals surface area (Å²) in [5.41, 5.74) is 1.70. The van der Waals surface area contributed by atoms with E-state index in [2.05, 4.69) is 10.3 Å². The van der Waals surface area contributed by atoms with Gasteiger partial charge in [0.05, 0.1) is 10.6 Å². The highest BCUT2D eigenvalue weighted by Gasteiger charge is 2.13. The Labute approximate surface area is 129 Å². The van der Waals surface area contributed by atoms with Crippen LogP contribution in [0.15, 0.2) is 54.7 Å². The van der Waals surface area contributed by atoms with Gasteiger partial charge in [-0.05, 0) is 36.4 Å². The van der Waals surface area contributed by atoms with Gasteiger partial charge in [-0.25, -0.2) is 4.39 Å². The molecule has 0 atom stereocenters. The molecule has 0 spiro atoms. The fourth-order valence-corrected chi connectivity index (χ4v) is 3.49. The van der Waals surface area contributed by atoms with Crippen LogP contribution >= 0.6 is 11.3 Å². The molecule has 2 aromatic heterocycles. The van der Waals surface area contributed by atoms with Crippen molar-refractivity contribution in [2.75, 3.05) is 5.32 Å². The van der Waals surface area contributed by atoms with Gasteiger partial charge in [0.25, 0.3) is 5.91 Å². The quantitative estimate of drug-likeness (QED) is 0.550. The number of carbonyl (C=O) groups is 1. The van der Waals surface area contributed by atoms with Crippen molar-refractivity contribution in [1.82, 2.24) is 4.98 Å². The number of aromatic nitrogens is 1. The number of nitrogens with one attached hydrogen (secondary N) is 2. The van der Waals surface area contributed by atoms with Crippen LogP contribution in [0.5, 0.6) is 0 Å². The van der Waals surface area contributed by atoms with Crippen LogP contribution in [0.4, 0.5) is 10.1 Å². The highest BCUT2D eigenvalue weighted by atomic mass is 32.1. The van der Waals surface area contributed by atoms with E-state index in [1.54, 1.807) is 12.1 Å². The first-order valence-electron chi connectivity index (χ1n) is 6.78. The molecule has 0 fully saturated rings. The Bertz CT molecular complexity index is 1000. The molecule has 0 unspecified atom stereocenters. The molecular weight excluding hydrogens is 299 g/mol. The number of hydrogen-bond acceptors (Lipinski definition) is 2. The molecule has 2 aromatic carbocycles. The van der Waals surface area contributed by atoms with E-state index < -0.39 is 0 Å². The van der Waals surface area contributed by atoms with Crippen LogP contribution in [0.2, 0.25) is 0 Å². The van der Waals surface area contributed by atoms with E-state index in [0.29, 0.717) is 10.3 Å². The summed E-state index contributed by atoms with van der Waals surface area (Å²) in [5, 5.41) is 4.33. The van der Waals surface area contributed by atoms with Crippen LogP contribution in [-0.4, -0.2) is 10.9 Å².